The zero-order valence-corrected chi connectivity index (χ0v) is 8.89. The molecule has 1 saturated heterocycles. The molecule has 0 aliphatic carbocycles. The standard InChI is InChI=1S/C7H7BrClNS/c8-5-1-6(11-7(5)9)4-2-10-3-4/h1,4,10H,2-3H2. The summed E-state index contributed by atoms with van der Waals surface area (Å²) in [5.41, 5.74) is 0. The van der Waals surface area contributed by atoms with Gasteiger partial charge in [-0.3, -0.25) is 0 Å². The summed E-state index contributed by atoms with van der Waals surface area (Å²) in [5, 5.41) is 3.24. The van der Waals surface area contributed by atoms with Crippen LogP contribution in [-0.4, -0.2) is 13.1 Å². The fourth-order valence-corrected chi connectivity index (χ4v) is 2.89. The molecule has 0 saturated carbocycles. The van der Waals surface area contributed by atoms with Crippen LogP contribution in [0.2, 0.25) is 4.34 Å². The predicted octanol–water partition coefficient (Wildman–Crippen LogP) is 2.85. The van der Waals surface area contributed by atoms with Crippen molar-refractivity contribution in [2.45, 2.75) is 5.92 Å². The van der Waals surface area contributed by atoms with E-state index in [1.54, 1.807) is 11.3 Å². The Bertz CT molecular complexity index is 250. The van der Waals surface area contributed by atoms with Crippen LogP contribution in [0.25, 0.3) is 0 Å². The smallest absolute Gasteiger partial charge is 0.107 e. The molecule has 1 aliphatic rings. The van der Waals surface area contributed by atoms with Crippen molar-refractivity contribution in [3.8, 4) is 0 Å². The molecule has 0 unspecified atom stereocenters. The average Bonchev–Trinajstić information content (AvgIpc) is 2.08. The SMILES string of the molecule is Clc1sc(C2CNC2)cc1Br. The first-order valence-corrected chi connectivity index (χ1v) is 5.41. The Morgan fingerprint density at radius 2 is 2.36 bits per heavy atom. The molecule has 0 atom stereocenters. The van der Waals surface area contributed by atoms with Crippen molar-refractivity contribution in [1.82, 2.24) is 5.32 Å². The first-order chi connectivity index (χ1) is 5.27. The van der Waals surface area contributed by atoms with Crippen molar-refractivity contribution in [1.29, 1.82) is 0 Å². The van der Waals surface area contributed by atoms with Crippen molar-refractivity contribution in [2.24, 2.45) is 0 Å². The summed E-state index contributed by atoms with van der Waals surface area (Å²) in [6, 6.07) is 2.12. The van der Waals surface area contributed by atoms with Gasteiger partial charge in [-0.2, -0.15) is 0 Å². The summed E-state index contributed by atoms with van der Waals surface area (Å²) in [6.45, 7) is 2.20. The lowest BCUT2D eigenvalue weighted by atomic mass is 10.0. The molecule has 1 aromatic heterocycles. The van der Waals surface area contributed by atoms with Gasteiger partial charge in [-0.1, -0.05) is 11.6 Å². The van der Waals surface area contributed by atoms with Crippen LogP contribution in [0.4, 0.5) is 0 Å². The van der Waals surface area contributed by atoms with Gasteiger partial charge in [0.15, 0.2) is 0 Å². The Morgan fingerprint density at radius 1 is 1.64 bits per heavy atom. The van der Waals surface area contributed by atoms with Crippen LogP contribution >= 0.6 is 38.9 Å². The lowest BCUT2D eigenvalue weighted by Crippen LogP contribution is -2.39. The molecular formula is C7H7BrClNS. The summed E-state index contributed by atoms with van der Waals surface area (Å²) in [6.07, 6.45) is 0. The van der Waals surface area contributed by atoms with E-state index in [0.717, 1.165) is 21.9 Å². The number of hydrogen-bond donors (Lipinski definition) is 1. The van der Waals surface area contributed by atoms with Crippen LogP contribution in [0.5, 0.6) is 0 Å². The summed E-state index contributed by atoms with van der Waals surface area (Å²) in [7, 11) is 0. The van der Waals surface area contributed by atoms with Crippen LogP contribution < -0.4 is 5.32 Å². The molecule has 0 bridgehead atoms. The maximum atomic E-state index is 5.91. The van der Waals surface area contributed by atoms with Gasteiger partial charge in [-0.05, 0) is 22.0 Å². The molecule has 1 nitrogen and oxygen atoms in total. The van der Waals surface area contributed by atoms with Crippen LogP contribution in [0.3, 0.4) is 0 Å². The molecule has 4 heteroatoms. The molecule has 1 aliphatic heterocycles. The van der Waals surface area contributed by atoms with Crippen LogP contribution in [-0.2, 0) is 0 Å². The van der Waals surface area contributed by atoms with Crippen molar-refractivity contribution in [3.05, 3.63) is 19.8 Å². The van der Waals surface area contributed by atoms with Crippen LogP contribution in [0.15, 0.2) is 10.5 Å². The Balaban J connectivity index is 2.24. The minimum atomic E-state index is 0.698. The van der Waals surface area contributed by atoms with Gasteiger partial charge in [-0.15, -0.1) is 11.3 Å². The molecular weight excluding hydrogens is 246 g/mol. The second kappa shape index (κ2) is 3.05. The Morgan fingerprint density at radius 3 is 2.73 bits per heavy atom. The number of halogens is 2. The molecule has 1 fully saturated rings. The van der Waals surface area contributed by atoms with Gasteiger partial charge in [0.2, 0.25) is 0 Å². The zero-order chi connectivity index (χ0) is 7.84. The maximum absolute atomic E-state index is 5.91. The van der Waals surface area contributed by atoms with E-state index in [1.807, 2.05) is 0 Å². The van der Waals surface area contributed by atoms with E-state index >= 15 is 0 Å². The van der Waals surface area contributed by atoms with Crippen molar-refractivity contribution in [3.63, 3.8) is 0 Å². The third-order valence-corrected chi connectivity index (χ3v) is 4.49. The first-order valence-electron chi connectivity index (χ1n) is 3.43. The largest absolute Gasteiger partial charge is 0.315 e. The van der Waals surface area contributed by atoms with Gasteiger partial charge in [0.25, 0.3) is 0 Å². The molecule has 0 aromatic carbocycles. The van der Waals surface area contributed by atoms with E-state index in [2.05, 4.69) is 27.3 Å². The second-order valence-electron chi connectivity index (χ2n) is 2.63. The lowest BCUT2D eigenvalue weighted by Gasteiger charge is -2.25. The topological polar surface area (TPSA) is 12.0 Å². The van der Waals surface area contributed by atoms with Crippen LogP contribution in [0, 0.1) is 0 Å². The summed E-state index contributed by atoms with van der Waals surface area (Å²) >= 11 is 11.0. The van der Waals surface area contributed by atoms with E-state index in [4.69, 9.17) is 11.6 Å². The minimum Gasteiger partial charge on any atom is -0.315 e. The van der Waals surface area contributed by atoms with E-state index < -0.39 is 0 Å². The molecule has 11 heavy (non-hydrogen) atoms. The molecule has 0 spiro atoms. The van der Waals surface area contributed by atoms with E-state index in [9.17, 15) is 0 Å². The molecule has 2 heterocycles. The molecule has 0 amide bonds. The Labute approximate surface area is 82.9 Å². The van der Waals surface area contributed by atoms with E-state index in [1.165, 1.54) is 4.88 Å². The second-order valence-corrected chi connectivity index (χ2v) is 5.17. The van der Waals surface area contributed by atoms with Gasteiger partial charge < -0.3 is 5.32 Å². The zero-order valence-electron chi connectivity index (χ0n) is 5.73. The number of nitrogens with one attached hydrogen (secondary N) is 1. The van der Waals surface area contributed by atoms with Crippen LogP contribution in [0.1, 0.15) is 10.8 Å². The van der Waals surface area contributed by atoms with Gasteiger partial charge in [0.05, 0.1) is 0 Å². The van der Waals surface area contributed by atoms with E-state index in [0.29, 0.717) is 5.92 Å². The third kappa shape index (κ3) is 1.47. The molecule has 2 rings (SSSR count). The highest BCUT2D eigenvalue weighted by molar-refractivity contribution is 9.10. The molecule has 1 N–H and O–H groups in total. The highest BCUT2D eigenvalue weighted by Gasteiger charge is 2.21. The Hall–Kier alpha value is 0.430. The number of hydrogen-bond acceptors (Lipinski definition) is 2. The van der Waals surface area contributed by atoms with Crippen molar-refractivity contribution < 1.29 is 0 Å². The first kappa shape index (κ1) is 8.05. The predicted molar refractivity (Wildman–Crippen MR) is 52.6 cm³/mol. The summed E-state index contributed by atoms with van der Waals surface area (Å²) in [5.74, 6) is 0.698. The number of thiophene rings is 1. The van der Waals surface area contributed by atoms with Gasteiger partial charge in [-0.25, -0.2) is 0 Å². The van der Waals surface area contributed by atoms with Crippen molar-refractivity contribution >= 4 is 38.9 Å². The lowest BCUT2D eigenvalue weighted by molar-refractivity contribution is 0.454. The highest BCUT2D eigenvalue weighted by Crippen LogP contribution is 2.36. The number of rotatable bonds is 1. The third-order valence-electron chi connectivity index (χ3n) is 1.85. The van der Waals surface area contributed by atoms with E-state index in [-0.39, 0.29) is 0 Å². The molecule has 60 valence electrons. The normalized spacial score (nSPS) is 18.4. The summed E-state index contributed by atoms with van der Waals surface area (Å²) in [4.78, 5) is 1.39. The molecule has 1 aromatic rings. The Kier molecular flexibility index (Phi) is 2.23. The molecule has 0 radical (unpaired) electrons. The maximum Gasteiger partial charge on any atom is 0.107 e. The fourth-order valence-electron chi connectivity index (χ4n) is 1.05. The van der Waals surface area contributed by atoms with Crippen molar-refractivity contribution in [2.75, 3.05) is 13.1 Å². The highest BCUT2D eigenvalue weighted by atomic mass is 79.9. The average molecular weight is 253 g/mol. The van der Waals surface area contributed by atoms with Gasteiger partial charge in [0, 0.05) is 28.4 Å². The minimum absolute atomic E-state index is 0.698. The van der Waals surface area contributed by atoms with Gasteiger partial charge in [0.1, 0.15) is 4.34 Å². The monoisotopic (exact) mass is 251 g/mol. The quantitative estimate of drug-likeness (QED) is 0.810. The fraction of sp³-hybridized carbons (Fsp3) is 0.429. The summed E-state index contributed by atoms with van der Waals surface area (Å²) < 4.78 is 1.90. The van der Waals surface area contributed by atoms with Gasteiger partial charge >= 0.3 is 0 Å².